The second-order valence-corrected chi connectivity index (χ2v) is 15.7. The van der Waals surface area contributed by atoms with Crippen LogP contribution < -0.4 is 9.80 Å². The van der Waals surface area contributed by atoms with E-state index in [0.29, 0.717) is 17.8 Å². The third-order valence-electron chi connectivity index (χ3n) is 11.4. The average Bonchev–Trinajstić information content (AvgIpc) is 3.16. The predicted octanol–water partition coefficient (Wildman–Crippen LogP) is 13.6. The van der Waals surface area contributed by atoms with Crippen molar-refractivity contribution in [2.24, 2.45) is 17.8 Å². The molecule has 0 bridgehead atoms. The highest BCUT2D eigenvalue weighted by atomic mass is 15.2. The highest BCUT2D eigenvalue weighted by Crippen LogP contribution is 2.47. The lowest BCUT2D eigenvalue weighted by Crippen LogP contribution is -2.34. The van der Waals surface area contributed by atoms with Crippen molar-refractivity contribution in [1.82, 2.24) is 0 Å². The molecule has 4 aromatic carbocycles. The summed E-state index contributed by atoms with van der Waals surface area (Å²) in [6.45, 7) is 13.7. The van der Waals surface area contributed by atoms with Crippen molar-refractivity contribution in [2.45, 2.75) is 73.3 Å². The molecule has 0 heterocycles. The molecule has 0 fully saturated rings. The first-order valence-corrected chi connectivity index (χ1v) is 19.4. The molecule has 0 aromatic heterocycles. The topological polar surface area (TPSA) is 6.48 Å². The second-order valence-electron chi connectivity index (χ2n) is 15.7. The number of allylic oxidation sites excluding steroid dienone is 11. The van der Waals surface area contributed by atoms with Crippen LogP contribution in [0.2, 0.25) is 0 Å². The van der Waals surface area contributed by atoms with Gasteiger partial charge in [-0.05, 0) is 128 Å². The fourth-order valence-electron chi connectivity index (χ4n) is 8.52. The van der Waals surface area contributed by atoms with Crippen molar-refractivity contribution >= 4 is 32.9 Å². The molecule has 0 aliphatic heterocycles. The van der Waals surface area contributed by atoms with Crippen LogP contribution in [0.1, 0.15) is 64.5 Å². The zero-order valence-electron chi connectivity index (χ0n) is 31.7. The summed E-state index contributed by atoms with van der Waals surface area (Å²) in [6.07, 6.45) is 32.7. The molecule has 2 nitrogen and oxygen atoms in total. The van der Waals surface area contributed by atoms with E-state index in [9.17, 15) is 0 Å². The lowest BCUT2D eigenvalue weighted by atomic mass is 9.87. The van der Waals surface area contributed by atoms with E-state index in [1.807, 2.05) is 0 Å². The van der Waals surface area contributed by atoms with E-state index in [0.717, 1.165) is 25.7 Å². The Bertz CT molecular complexity index is 2260. The molecular weight excluding hydrogens is 629 g/mol. The molecule has 0 spiro atoms. The summed E-state index contributed by atoms with van der Waals surface area (Å²) in [5.74, 6) is 1.68. The normalized spacial score (nSPS) is 22.7. The fourth-order valence-corrected chi connectivity index (χ4v) is 8.52. The summed E-state index contributed by atoms with van der Waals surface area (Å²) in [5, 5.41) is 5.16. The van der Waals surface area contributed by atoms with Gasteiger partial charge in [0.2, 0.25) is 0 Å². The largest absolute Gasteiger partial charge is 0.334 e. The number of anilines is 2. The standard InChI is InChI=1S/C50H52N2/c1-33-15-23-39(24-16-33)51(40-25-17-34(2)18-26-40)49-37(5)31-47(43-11-7-9-13-45(43)49)48-32-38(6)50(46-14-10-8-12-44(46)48)52(41-27-19-35(3)20-28-41)42-29-21-36(4)22-30-42/h7-17,19,21,23,25-32,34-36,39H,18,20,22,24H2,1-6H3. The molecule has 0 radical (unpaired) electrons. The van der Waals surface area contributed by atoms with Crippen molar-refractivity contribution in [3.8, 4) is 11.1 Å². The van der Waals surface area contributed by atoms with Gasteiger partial charge in [0.15, 0.2) is 0 Å². The lowest BCUT2D eigenvalue weighted by molar-refractivity contribution is 0.704. The molecule has 0 saturated carbocycles. The van der Waals surface area contributed by atoms with Crippen LogP contribution in [-0.2, 0) is 0 Å². The number of benzene rings is 4. The van der Waals surface area contributed by atoms with Crippen molar-refractivity contribution in [2.75, 3.05) is 9.80 Å². The van der Waals surface area contributed by atoms with E-state index < -0.39 is 0 Å². The Hall–Kier alpha value is -5.08. The minimum absolute atomic E-state index is 0.256. The van der Waals surface area contributed by atoms with Crippen LogP contribution in [0.3, 0.4) is 0 Å². The first kappa shape index (κ1) is 34.0. The van der Waals surface area contributed by atoms with Gasteiger partial charge < -0.3 is 9.80 Å². The third-order valence-corrected chi connectivity index (χ3v) is 11.4. The van der Waals surface area contributed by atoms with Crippen LogP contribution in [0.5, 0.6) is 0 Å². The van der Waals surface area contributed by atoms with E-state index in [1.54, 1.807) is 0 Å². The number of hydrogen-bond donors (Lipinski definition) is 0. The molecule has 8 rings (SSSR count). The van der Waals surface area contributed by atoms with Crippen LogP contribution >= 0.6 is 0 Å². The molecule has 262 valence electrons. The lowest BCUT2D eigenvalue weighted by Gasteiger charge is -2.37. The molecule has 52 heavy (non-hydrogen) atoms. The van der Waals surface area contributed by atoms with Gasteiger partial charge in [-0.25, -0.2) is 0 Å². The summed E-state index contributed by atoms with van der Waals surface area (Å²) >= 11 is 0. The van der Waals surface area contributed by atoms with Crippen LogP contribution in [0.4, 0.5) is 11.4 Å². The quantitative estimate of drug-likeness (QED) is 0.192. The molecule has 4 aliphatic carbocycles. The molecule has 0 saturated heterocycles. The Labute approximate surface area is 311 Å². The molecule has 2 heteroatoms. The van der Waals surface area contributed by atoms with Gasteiger partial charge in [-0.3, -0.25) is 0 Å². The molecule has 4 atom stereocenters. The van der Waals surface area contributed by atoms with Gasteiger partial charge in [0.05, 0.1) is 17.4 Å². The minimum atomic E-state index is 0.256. The maximum absolute atomic E-state index is 2.62. The maximum Gasteiger partial charge on any atom is 0.0569 e. The first-order chi connectivity index (χ1) is 25.3. The van der Waals surface area contributed by atoms with Gasteiger partial charge >= 0.3 is 0 Å². The Morgan fingerprint density at radius 2 is 0.942 bits per heavy atom. The summed E-state index contributed by atoms with van der Waals surface area (Å²) in [5.41, 5.74) is 12.9. The van der Waals surface area contributed by atoms with Crippen molar-refractivity contribution in [3.63, 3.8) is 0 Å². The van der Waals surface area contributed by atoms with Crippen molar-refractivity contribution in [3.05, 3.63) is 167 Å². The Kier molecular flexibility index (Phi) is 9.26. The van der Waals surface area contributed by atoms with E-state index in [2.05, 4.69) is 185 Å². The molecule has 0 amide bonds. The Balaban J connectivity index is 1.32. The monoisotopic (exact) mass is 680 g/mol. The predicted molar refractivity (Wildman–Crippen MR) is 226 cm³/mol. The van der Waals surface area contributed by atoms with Gasteiger partial charge in [0.1, 0.15) is 0 Å². The van der Waals surface area contributed by atoms with Gasteiger partial charge in [-0.15, -0.1) is 0 Å². The molecule has 4 aliphatic rings. The molecular formula is C50H52N2. The number of rotatable bonds is 7. The number of fused-ring (bicyclic) bond motifs is 2. The number of nitrogens with zero attached hydrogens (tertiary/aromatic N) is 2. The van der Waals surface area contributed by atoms with Gasteiger partial charge in [-0.2, -0.15) is 0 Å². The SMILES string of the molecule is CC1=CCC(N(C2=CCC(C)C=C2)c2c(C)cc(-c3cc(C)c(N(C4=CCC(C)C=C4)C4=CCC(C)C=C4)c4ccccc34)c3ccccc23)C=C1. The van der Waals surface area contributed by atoms with Gasteiger partial charge in [0.25, 0.3) is 0 Å². The zero-order chi connectivity index (χ0) is 35.9. The van der Waals surface area contributed by atoms with Gasteiger partial charge in [-0.1, -0.05) is 130 Å². The first-order valence-electron chi connectivity index (χ1n) is 19.4. The molecule has 4 unspecified atom stereocenters. The number of aryl methyl sites for hydroxylation is 2. The zero-order valence-corrected chi connectivity index (χ0v) is 31.7. The smallest absolute Gasteiger partial charge is 0.0569 e. The van der Waals surface area contributed by atoms with Crippen LogP contribution in [0, 0.1) is 31.6 Å². The minimum Gasteiger partial charge on any atom is -0.334 e. The third kappa shape index (κ3) is 6.34. The molecule has 0 N–H and O–H groups in total. The average molecular weight is 681 g/mol. The Morgan fingerprint density at radius 1 is 0.481 bits per heavy atom. The van der Waals surface area contributed by atoms with Crippen LogP contribution in [-0.4, -0.2) is 6.04 Å². The highest BCUT2D eigenvalue weighted by molar-refractivity contribution is 6.13. The van der Waals surface area contributed by atoms with Crippen LogP contribution in [0.25, 0.3) is 32.7 Å². The summed E-state index contributed by atoms with van der Waals surface area (Å²) in [7, 11) is 0. The second kappa shape index (κ2) is 14.2. The number of hydrogen-bond acceptors (Lipinski definition) is 2. The van der Waals surface area contributed by atoms with Crippen LogP contribution in [0.15, 0.2) is 156 Å². The van der Waals surface area contributed by atoms with E-state index in [1.165, 1.54) is 77.8 Å². The van der Waals surface area contributed by atoms with Gasteiger partial charge in [0, 0.05) is 27.9 Å². The fraction of sp³-hybridized carbons (Fsp3) is 0.280. The van der Waals surface area contributed by atoms with E-state index in [4.69, 9.17) is 0 Å². The summed E-state index contributed by atoms with van der Waals surface area (Å²) < 4.78 is 0. The maximum atomic E-state index is 2.62. The Morgan fingerprint density at radius 3 is 1.40 bits per heavy atom. The summed E-state index contributed by atoms with van der Waals surface area (Å²) in [4.78, 5) is 5.14. The van der Waals surface area contributed by atoms with E-state index >= 15 is 0 Å². The molecule has 4 aromatic rings. The highest BCUT2D eigenvalue weighted by Gasteiger charge is 2.28. The summed E-state index contributed by atoms with van der Waals surface area (Å²) in [6, 6.07) is 23.4. The van der Waals surface area contributed by atoms with Crippen molar-refractivity contribution in [1.29, 1.82) is 0 Å². The van der Waals surface area contributed by atoms with Crippen molar-refractivity contribution < 1.29 is 0 Å². The van der Waals surface area contributed by atoms with E-state index in [-0.39, 0.29) is 6.04 Å².